The van der Waals surface area contributed by atoms with Crippen molar-refractivity contribution in [1.29, 1.82) is 0 Å². The van der Waals surface area contributed by atoms with Crippen LogP contribution in [0.15, 0.2) is 0 Å². The van der Waals surface area contributed by atoms with E-state index < -0.39 is 0 Å². The molecule has 1 rings (SSSR count). The van der Waals surface area contributed by atoms with Gasteiger partial charge in [-0.15, -0.1) is 0 Å². The van der Waals surface area contributed by atoms with Gasteiger partial charge in [0.15, 0.2) is 0 Å². The first-order valence-electron chi connectivity index (χ1n) is 7.55. The van der Waals surface area contributed by atoms with Crippen LogP contribution in [0.4, 0.5) is 0 Å². The molecule has 1 fully saturated rings. The molecular formula is C15H33N3. The van der Waals surface area contributed by atoms with Gasteiger partial charge in [0.2, 0.25) is 0 Å². The second-order valence-electron chi connectivity index (χ2n) is 6.82. The summed E-state index contributed by atoms with van der Waals surface area (Å²) in [6.07, 6.45) is 0. The van der Waals surface area contributed by atoms with Gasteiger partial charge in [0.1, 0.15) is 0 Å². The quantitative estimate of drug-likeness (QED) is 0.811. The average Bonchev–Trinajstić information content (AvgIpc) is 2.34. The lowest BCUT2D eigenvalue weighted by molar-refractivity contribution is 0.0817. The Labute approximate surface area is 114 Å². The highest BCUT2D eigenvalue weighted by atomic mass is 15.3. The fourth-order valence-electron chi connectivity index (χ4n) is 2.48. The molecule has 3 heteroatoms. The van der Waals surface area contributed by atoms with Crippen molar-refractivity contribution in [1.82, 2.24) is 15.1 Å². The molecule has 0 amide bonds. The number of nitrogens with zero attached hydrogens (tertiary/aromatic N) is 2. The Morgan fingerprint density at radius 1 is 1.06 bits per heavy atom. The van der Waals surface area contributed by atoms with E-state index >= 15 is 0 Å². The molecular weight excluding hydrogens is 222 g/mol. The third-order valence-electron chi connectivity index (χ3n) is 4.21. The van der Waals surface area contributed by atoms with Crippen LogP contribution < -0.4 is 5.32 Å². The van der Waals surface area contributed by atoms with E-state index in [4.69, 9.17) is 0 Å². The zero-order valence-electron chi connectivity index (χ0n) is 13.3. The maximum atomic E-state index is 3.62. The summed E-state index contributed by atoms with van der Waals surface area (Å²) in [5.74, 6) is 0.706. The summed E-state index contributed by atoms with van der Waals surface area (Å²) in [5, 5.41) is 3.62. The molecule has 0 radical (unpaired) electrons. The molecule has 0 aliphatic carbocycles. The topological polar surface area (TPSA) is 18.5 Å². The highest BCUT2D eigenvalue weighted by Crippen LogP contribution is 2.14. The second kappa shape index (κ2) is 6.88. The van der Waals surface area contributed by atoms with Gasteiger partial charge in [-0.3, -0.25) is 4.90 Å². The van der Waals surface area contributed by atoms with Crippen LogP contribution in [-0.2, 0) is 0 Å². The molecule has 108 valence electrons. The number of nitrogens with one attached hydrogen (secondary N) is 1. The summed E-state index contributed by atoms with van der Waals surface area (Å²) >= 11 is 0. The third kappa shape index (κ3) is 5.25. The van der Waals surface area contributed by atoms with E-state index in [0.717, 1.165) is 6.54 Å². The maximum Gasteiger partial charge on any atom is 0.0113 e. The van der Waals surface area contributed by atoms with E-state index in [0.29, 0.717) is 12.0 Å². The molecule has 0 bridgehead atoms. The lowest BCUT2D eigenvalue weighted by Gasteiger charge is -2.40. The van der Waals surface area contributed by atoms with Crippen molar-refractivity contribution in [2.75, 3.05) is 39.3 Å². The molecule has 1 aliphatic rings. The fraction of sp³-hybridized carbons (Fsp3) is 1.00. The summed E-state index contributed by atoms with van der Waals surface area (Å²) < 4.78 is 0. The summed E-state index contributed by atoms with van der Waals surface area (Å²) in [6.45, 7) is 21.0. The molecule has 1 heterocycles. The molecule has 0 saturated carbocycles. The van der Waals surface area contributed by atoms with Gasteiger partial charge < -0.3 is 10.2 Å². The van der Waals surface area contributed by atoms with Crippen LogP contribution >= 0.6 is 0 Å². The maximum absolute atomic E-state index is 3.62. The van der Waals surface area contributed by atoms with Gasteiger partial charge in [0.25, 0.3) is 0 Å². The lowest BCUT2D eigenvalue weighted by Crippen LogP contribution is -2.52. The predicted molar refractivity (Wildman–Crippen MR) is 80.1 cm³/mol. The number of likely N-dealkylation sites (N-methyl/N-ethyl adjacent to an activating group) is 1. The molecule has 0 aromatic rings. The van der Waals surface area contributed by atoms with Crippen LogP contribution in [0.2, 0.25) is 0 Å². The van der Waals surface area contributed by atoms with Crippen LogP contribution in [0.5, 0.6) is 0 Å². The van der Waals surface area contributed by atoms with E-state index in [1.807, 2.05) is 0 Å². The van der Waals surface area contributed by atoms with Crippen LogP contribution in [0.3, 0.4) is 0 Å². The molecule has 0 aromatic heterocycles. The van der Waals surface area contributed by atoms with Crippen molar-refractivity contribution in [3.63, 3.8) is 0 Å². The lowest BCUT2D eigenvalue weighted by atomic mass is 9.99. The van der Waals surface area contributed by atoms with Crippen molar-refractivity contribution in [3.8, 4) is 0 Å². The van der Waals surface area contributed by atoms with E-state index in [-0.39, 0.29) is 5.54 Å². The Bertz CT molecular complexity index is 226. The standard InChI is InChI=1S/C15H33N3/c1-7-17-8-10-18(11-9-17)14(3)13(2)12-16-15(4,5)6/h13-14,16H,7-12H2,1-6H3. The molecule has 2 atom stereocenters. The molecule has 1 N–H and O–H groups in total. The van der Waals surface area contributed by atoms with Crippen LogP contribution in [-0.4, -0.2) is 60.6 Å². The summed E-state index contributed by atoms with van der Waals surface area (Å²) in [5.41, 5.74) is 0.231. The van der Waals surface area contributed by atoms with Crippen molar-refractivity contribution in [2.45, 2.75) is 53.1 Å². The average molecular weight is 255 g/mol. The van der Waals surface area contributed by atoms with Crippen molar-refractivity contribution < 1.29 is 0 Å². The third-order valence-corrected chi connectivity index (χ3v) is 4.21. The first-order valence-corrected chi connectivity index (χ1v) is 7.55. The number of hydrogen-bond donors (Lipinski definition) is 1. The number of piperazine rings is 1. The summed E-state index contributed by atoms with van der Waals surface area (Å²) in [6, 6.07) is 0.679. The van der Waals surface area contributed by atoms with Gasteiger partial charge in [0.05, 0.1) is 0 Å². The molecule has 1 aliphatic heterocycles. The Morgan fingerprint density at radius 3 is 2.06 bits per heavy atom. The molecule has 0 aromatic carbocycles. The van der Waals surface area contributed by atoms with E-state index in [9.17, 15) is 0 Å². The van der Waals surface area contributed by atoms with Gasteiger partial charge in [-0.25, -0.2) is 0 Å². The molecule has 18 heavy (non-hydrogen) atoms. The van der Waals surface area contributed by atoms with Crippen LogP contribution in [0.1, 0.15) is 41.5 Å². The Morgan fingerprint density at radius 2 is 1.61 bits per heavy atom. The van der Waals surface area contributed by atoms with Crippen LogP contribution in [0, 0.1) is 5.92 Å². The number of hydrogen-bond acceptors (Lipinski definition) is 3. The minimum absolute atomic E-state index is 0.231. The number of rotatable bonds is 5. The molecule has 2 unspecified atom stereocenters. The molecule has 0 spiro atoms. The molecule has 1 saturated heterocycles. The summed E-state index contributed by atoms with van der Waals surface area (Å²) in [7, 11) is 0. The fourth-order valence-corrected chi connectivity index (χ4v) is 2.48. The van der Waals surface area contributed by atoms with Crippen molar-refractivity contribution in [2.24, 2.45) is 5.92 Å². The highest BCUT2D eigenvalue weighted by Gasteiger charge is 2.24. The van der Waals surface area contributed by atoms with Crippen LogP contribution in [0.25, 0.3) is 0 Å². The normalized spacial score (nSPS) is 23.0. The minimum Gasteiger partial charge on any atom is -0.312 e. The largest absolute Gasteiger partial charge is 0.312 e. The minimum atomic E-state index is 0.231. The highest BCUT2D eigenvalue weighted by molar-refractivity contribution is 4.81. The predicted octanol–water partition coefficient (Wildman–Crippen LogP) is 2.04. The van der Waals surface area contributed by atoms with Crippen molar-refractivity contribution >= 4 is 0 Å². The Hall–Kier alpha value is -0.120. The van der Waals surface area contributed by atoms with Gasteiger partial charge in [-0.05, 0) is 46.7 Å². The summed E-state index contributed by atoms with van der Waals surface area (Å²) in [4.78, 5) is 5.20. The van der Waals surface area contributed by atoms with E-state index in [1.165, 1.54) is 32.7 Å². The van der Waals surface area contributed by atoms with Gasteiger partial charge in [-0.2, -0.15) is 0 Å². The SMILES string of the molecule is CCN1CCN(C(C)C(C)CNC(C)(C)C)CC1. The Kier molecular flexibility index (Phi) is 6.09. The van der Waals surface area contributed by atoms with E-state index in [2.05, 4.69) is 56.7 Å². The monoisotopic (exact) mass is 255 g/mol. The van der Waals surface area contributed by atoms with E-state index in [1.54, 1.807) is 0 Å². The second-order valence-corrected chi connectivity index (χ2v) is 6.82. The van der Waals surface area contributed by atoms with Crippen molar-refractivity contribution in [3.05, 3.63) is 0 Å². The zero-order chi connectivity index (χ0) is 13.8. The van der Waals surface area contributed by atoms with Gasteiger partial charge in [-0.1, -0.05) is 13.8 Å². The van der Waals surface area contributed by atoms with Gasteiger partial charge >= 0.3 is 0 Å². The Balaban J connectivity index is 2.33. The molecule has 3 nitrogen and oxygen atoms in total. The zero-order valence-corrected chi connectivity index (χ0v) is 13.3. The smallest absolute Gasteiger partial charge is 0.0113 e. The first-order chi connectivity index (χ1) is 8.33. The van der Waals surface area contributed by atoms with Gasteiger partial charge in [0, 0.05) is 37.8 Å². The first kappa shape index (κ1) is 15.9.